The number of urea groups is 1. The summed E-state index contributed by atoms with van der Waals surface area (Å²) in [5.41, 5.74) is 1.50. The smallest absolute Gasteiger partial charge is 0.414 e. The lowest BCUT2D eigenvalue weighted by atomic mass is 9.92. The number of aliphatic hydroxyl groups is 1. The number of amides is 3. The van der Waals surface area contributed by atoms with Gasteiger partial charge in [0.25, 0.3) is 0 Å². The second kappa shape index (κ2) is 5.73. The van der Waals surface area contributed by atoms with Gasteiger partial charge in [-0.15, -0.1) is 0 Å². The van der Waals surface area contributed by atoms with E-state index in [9.17, 15) is 14.7 Å². The van der Waals surface area contributed by atoms with E-state index < -0.39 is 5.60 Å². The maximum Gasteiger partial charge on any atom is 0.414 e. The molecule has 3 amide bonds. The number of likely N-dealkylation sites (tertiary alicyclic amines) is 1. The minimum Gasteiger partial charge on any atom is -0.447 e. The molecule has 0 atom stereocenters. The number of nitrogens with zero attached hydrogens (tertiary/aromatic N) is 2. The topological polar surface area (TPSA) is 82.1 Å². The lowest BCUT2D eigenvalue weighted by Gasteiger charge is -2.45. The van der Waals surface area contributed by atoms with E-state index in [1.807, 2.05) is 26.0 Å². The molecule has 2 heterocycles. The van der Waals surface area contributed by atoms with E-state index in [2.05, 4.69) is 5.32 Å². The van der Waals surface area contributed by atoms with Gasteiger partial charge in [0.2, 0.25) is 0 Å². The van der Waals surface area contributed by atoms with Crippen molar-refractivity contribution in [3.05, 3.63) is 23.8 Å². The van der Waals surface area contributed by atoms with Crippen LogP contribution in [0.3, 0.4) is 0 Å². The van der Waals surface area contributed by atoms with Crippen LogP contribution < -0.4 is 10.2 Å². The molecule has 23 heavy (non-hydrogen) atoms. The van der Waals surface area contributed by atoms with Crippen molar-refractivity contribution in [3.63, 3.8) is 0 Å². The van der Waals surface area contributed by atoms with Gasteiger partial charge >= 0.3 is 12.1 Å². The number of nitrogens with one attached hydrogen (secondary N) is 1. The van der Waals surface area contributed by atoms with Crippen LogP contribution in [0.15, 0.2) is 18.2 Å². The van der Waals surface area contributed by atoms with Gasteiger partial charge in [-0.2, -0.15) is 0 Å². The van der Waals surface area contributed by atoms with Crippen molar-refractivity contribution in [3.8, 4) is 0 Å². The van der Waals surface area contributed by atoms with Gasteiger partial charge in [0, 0.05) is 11.4 Å². The molecule has 0 saturated carbocycles. The number of rotatable bonds is 3. The van der Waals surface area contributed by atoms with Crippen molar-refractivity contribution in [1.82, 2.24) is 4.90 Å². The fourth-order valence-corrected chi connectivity index (χ4v) is 2.77. The fourth-order valence-electron chi connectivity index (χ4n) is 2.77. The van der Waals surface area contributed by atoms with Gasteiger partial charge in [-0.05, 0) is 31.0 Å². The summed E-state index contributed by atoms with van der Waals surface area (Å²) in [6.45, 7) is 5.35. The van der Waals surface area contributed by atoms with E-state index in [1.165, 1.54) is 4.90 Å². The van der Waals surface area contributed by atoms with Gasteiger partial charge in [-0.1, -0.05) is 13.0 Å². The summed E-state index contributed by atoms with van der Waals surface area (Å²) in [7, 11) is 0. The lowest BCUT2D eigenvalue weighted by Crippen LogP contribution is -2.64. The largest absolute Gasteiger partial charge is 0.447 e. The second-order valence-corrected chi connectivity index (χ2v) is 6.13. The van der Waals surface area contributed by atoms with Crippen LogP contribution in [0, 0.1) is 6.92 Å². The molecule has 0 aromatic heterocycles. The number of benzene rings is 1. The first-order chi connectivity index (χ1) is 10.9. The van der Waals surface area contributed by atoms with Crippen LogP contribution in [-0.2, 0) is 4.74 Å². The summed E-state index contributed by atoms with van der Waals surface area (Å²) in [6, 6.07) is 5.21. The zero-order valence-electron chi connectivity index (χ0n) is 13.3. The summed E-state index contributed by atoms with van der Waals surface area (Å²) in [6.07, 6.45) is 0.254. The van der Waals surface area contributed by atoms with Crippen LogP contribution in [0.4, 0.5) is 21.0 Å². The van der Waals surface area contributed by atoms with Crippen molar-refractivity contribution >= 4 is 23.5 Å². The number of cyclic esters (lactones) is 1. The predicted octanol–water partition coefficient (Wildman–Crippen LogP) is 1.94. The van der Waals surface area contributed by atoms with Crippen molar-refractivity contribution in [2.45, 2.75) is 25.9 Å². The molecule has 0 bridgehead atoms. The average molecular weight is 319 g/mol. The van der Waals surface area contributed by atoms with Gasteiger partial charge in [-0.3, -0.25) is 4.90 Å². The Morgan fingerprint density at radius 2 is 2.17 bits per heavy atom. The number of carbonyl (C=O) groups excluding carboxylic acids is 2. The molecule has 0 radical (unpaired) electrons. The standard InChI is InChI=1S/C16H21N3O4/c1-3-16(22)9-18(10-16)14(20)17-13-8-12(5-4-11(13)2)19-6-7-23-15(19)21/h4-5,8,22H,3,6-7,9-10H2,1-2H3,(H,17,20). The molecule has 7 nitrogen and oxygen atoms in total. The molecular formula is C16H21N3O4. The Morgan fingerprint density at radius 3 is 2.78 bits per heavy atom. The third kappa shape index (κ3) is 2.96. The lowest BCUT2D eigenvalue weighted by molar-refractivity contribution is -0.0755. The number of ether oxygens (including phenoxy) is 1. The Balaban J connectivity index is 1.70. The third-order valence-electron chi connectivity index (χ3n) is 4.45. The molecule has 2 N–H and O–H groups in total. The third-order valence-corrected chi connectivity index (χ3v) is 4.45. The summed E-state index contributed by atoms with van der Waals surface area (Å²) < 4.78 is 4.93. The Labute approximate surface area is 134 Å². The number of β-amino-alcohol motifs (C(OH)–C–C–N with tert-alkyl or cyclic N) is 1. The monoisotopic (exact) mass is 319 g/mol. The Bertz CT molecular complexity index is 640. The quantitative estimate of drug-likeness (QED) is 0.892. The highest BCUT2D eigenvalue weighted by atomic mass is 16.6. The highest BCUT2D eigenvalue weighted by molar-refractivity contribution is 5.94. The highest BCUT2D eigenvalue weighted by Crippen LogP contribution is 2.28. The summed E-state index contributed by atoms with van der Waals surface area (Å²) in [5, 5.41) is 12.8. The average Bonchev–Trinajstić information content (AvgIpc) is 2.92. The minimum absolute atomic E-state index is 0.243. The van der Waals surface area contributed by atoms with E-state index in [4.69, 9.17) is 4.74 Å². The first kappa shape index (κ1) is 15.6. The first-order valence-electron chi connectivity index (χ1n) is 7.75. The van der Waals surface area contributed by atoms with Crippen LogP contribution in [-0.4, -0.2) is 54.0 Å². The molecule has 1 aromatic carbocycles. The molecule has 2 aliphatic rings. The zero-order valence-corrected chi connectivity index (χ0v) is 13.3. The molecule has 0 spiro atoms. The van der Waals surface area contributed by atoms with Gasteiger partial charge in [0.05, 0.1) is 25.2 Å². The van der Waals surface area contributed by atoms with E-state index in [0.717, 1.165) is 5.56 Å². The number of anilines is 2. The molecule has 0 unspecified atom stereocenters. The molecule has 1 aromatic rings. The van der Waals surface area contributed by atoms with Gasteiger partial charge in [0.1, 0.15) is 6.61 Å². The molecule has 7 heteroatoms. The first-order valence-corrected chi connectivity index (χ1v) is 7.75. The number of carbonyl (C=O) groups is 2. The highest BCUT2D eigenvalue weighted by Gasteiger charge is 2.42. The normalized spacial score (nSPS) is 19.3. The van der Waals surface area contributed by atoms with Gasteiger partial charge < -0.3 is 20.1 Å². The molecule has 124 valence electrons. The Morgan fingerprint density at radius 1 is 1.43 bits per heavy atom. The minimum atomic E-state index is -0.756. The SMILES string of the molecule is CCC1(O)CN(C(=O)Nc2cc(N3CCOC3=O)ccc2C)C1. The van der Waals surface area contributed by atoms with Crippen LogP contribution in [0.1, 0.15) is 18.9 Å². The van der Waals surface area contributed by atoms with E-state index in [-0.39, 0.29) is 12.1 Å². The van der Waals surface area contributed by atoms with Gasteiger partial charge in [-0.25, -0.2) is 9.59 Å². The van der Waals surface area contributed by atoms with Crippen LogP contribution in [0.5, 0.6) is 0 Å². The molecule has 2 aliphatic heterocycles. The van der Waals surface area contributed by atoms with E-state index in [0.29, 0.717) is 44.0 Å². The zero-order chi connectivity index (χ0) is 16.6. The Kier molecular flexibility index (Phi) is 3.89. The van der Waals surface area contributed by atoms with Crippen LogP contribution in [0.25, 0.3) is 0 Å². The Hall–Kier alpha value is -2.28. The maximum atomic E-state index is 12.2. The van der Waals surface area contributed by atoms with Crippen LogP contribution >= 0.6 is 0 Å². The molecule has 2 fully saturated rings. The number of hydrogen-bond acceptors (Lipinski definition) is 4. The molecular weight excluding hydrogens is 298 g/mol. The second-order valence-electron chi connectivity index (χ2n) is 6.13. The van der Waals surface area contributed by atoms with Crippen molar-refractivity contribution < 1.29 is 19.4 Å². The maximum absolute atomic E-state index is 12.2. The summed E-state index contributed by atoms with van der Waals surface area (Å²) >= 11 is 0. The fraction of sp³-hybridized carbons (Fsp3) is 0.500. The number of hydrogen-bond donors (Lipinski definition) is 2. The summed E-state index contributed by atoms with van der Waals surface area (Å²) in [4.78, 5) is 27.0. The van der Waals surface area contributed by atoms with E-state index >= 15 is 0 Å². The van der Waals surface area contributed by atoms with Crippen LogP contribution in [0.2, 0.25) is 0 Å². The molecule has 3 rings (SSSR count). The number of aryl methyl sites for hydroxylation is 1. The molecule has 2 saturated heterocycles. The van der Waals surface area contributed by atoms with E-state index in [1.54, 1.807) is 11.0 Å². The van der Waals surface area contributed by atoms with Crippen molar-refractivity contribution in [2.24, 2.45) is 0 Å². The van der Waals surface area contributed by atoms with Gasteiger partial charge in [0.15, 0.2) is 0 Å². The van der Waals surface area contributed by atoms with Crippen molar-refractivity contribution in [2.75, 3.05) is 36.5 Å². The molecule has 0 aliphatic carbocycles. The predicted molar refractivity (Wildman–Crippen MR) is 85.7 cm³/mol. The van der Waals surface area contributed by atoms with Crippen molar-refractivity contribution in [1.29, 1.82) is 0 Å². The summed E-state index contributed by atoms with van der Waals surface area (Å²) in [5.74, 6) is 0.